The van der Waals surface area contributed by atoms with Crippen molar-refractivity contribution in [1.82, 2.24) is 9.78 Å². The first kappa shape index (κ1) is 16.0. The Kier molecular flexibility index (Phi) is 4.17. The Morgan fingerprint density at radius 2 is 1.62 bits per heavy atom. The van der Waals surface area contributed by atoms with E-state index < -0.39 is 9.05 Å². The standard InChI is InChI=1S/C15H19ClN2O2S/c1-9-6-10(2)14(11(3)7-9)8-18-13(5)15(12(4)17-18)21(16,19)20/h6-7H,8H2,1-5H3. The average Bonchev–Trinajstić information content (AvgIpc) is 2.58. The number of aromatic nitrogens is 2. The summed E-state index contributed by atoms with van der Waals surface area (Å²) in [4.78, 5) is 0.117. The third kappa shape index (κ3) is 3.14. The molecule has 21 heavy (non-hydrogen) atoms. The predicted molar refractivity (Wildman–Crippen MR) is 84.5 cm³/mol. The van der Waals surface area contributed by atoms with Crippen molar-refractivity contribution >= 4 is 19.7 Å². The molecule has 1 aromatic heterocycles. The maximum Gasteiger partial charge on any atom is 0.264 e. The van der Waals surface area contributed by atoms with Crippen molar-refractivity contribution in [2.45, 2.75) is 46.1 Å². The largest absolute Gasteiger partial charge is 0.264 e. The molecule has 6 heteroatoms. The molecule has 0 aliphatic carbocycles. The van der Waals surface area contributed by atoms with Gasteiger partial charge in [0.1, 0.15) is 4.90 Å². The molecule has 0 saturated carbocycles. The maximum atomic E-state index is 11.6. The van der Waals surface area contributed by atoms with E-state index in [4.69, 9.17) is 10.7 Å². The van der Waals surface area contributed by atoms with Crippen LogP contribution in [0.25, 0.3) is 0 Å². The number of hydrogen-bond acceptors (Lipinski definition) is 3. The molecule has 2 aromatic rings. The Morgan fingerprint density at radius 3 is 2.05 bits per heavy atom. The van der Waals surface area contributed by atoms with E-state index in [0.29, 0.717) is 17.9 Å². The van der Waals surface area contributed by atoms with Crippen LogP contribution < -0.4 is 0 Å². The van der Waals surface area contributed by atoms with Gasteiger partial charge < -0.3 is 0 Å². The van der Waals surface area contributed by atoms with Crippen molar-refractivity contribution < 1.29 is 8.42 Å². The van der Waals surface area contributed by atoms with Gasteiger partial charge in [-0.1, -0.05) is 17.7 Å². The molecule has 0 bridgehead atoms. The Hall–Kier alpha value is -1.33. The van der Waals surface area contributed by atoms with Crippen LogP contribution in [0.3, 0.4) is 0 Å². The summed E-state index contributed by atoms with van der Waals surface area (Å²) in [7, 11) is 1.71. The molecule has 0 amide bonds. The molecule has 0 radical (unpaired) electrons. The van der Waals surface area contributed by atoms with Crippen molar-refractivity contribution in [2.75, 3.05) is 0 Å². The van der Waals surface area contributed by atoms with Gasteiger partial charge in [0.2, 0.25) is 0 Å². The van der Waals surface area contributed by atoms with Crippen molar-refractivity contribution in [3.63, 3.8) is 0 Å². The minimum atomic E-state index is -3.77. The lowest BCUT2D eigenvalue weighted by molar-refractivity contribution is 0.607. The fraction of sp³-hybridized carbons (Fsp3) is 0.400. The van der Waals surface area contributed by atoms with Crippen molar-refractivity contribution in [3.8, 4) is 0 Å². The number of aryl methyl sites for hydroxylation is 4. The van der Waals surface area contributed by atoms with Gasteiger partial charge in [0.25, 0.3) is 9.05 Å². The molecule has 1 aromatic carbocycles. The molecule has 0 spiro atoms. The van der Waals surface area contributed by atoms with Crippen LogP contribution in [0.1, 0.15) is 33.6 Å². The highest BCUT2D eigenvalue weighted by molar-refractivity contribution is 8.13. The molecule has 1 heterocycles. The summed E-state index contributed by atoms with van der Waals surface area (Å²) in [6.07, 6.45) is 0. The van der Waals surface area contributed by atoms with Crippen molar-refractivity contribution in [2.24, 2.45) is 0 Å². The van der Waals surface area contributed by atoms with Crippen LogP contribution in [-0.4, -0.2) is 18.2 Å². The third-order valence-electron chi connectivity index (χ3n) is 3.71. The highest BCUT2D eigenvalue weighted by Crippen LogP contribution is 2.25. The molecule has 0 aliphatic heterocycles. The van der Waals surface area contributed by atoms with Gasteiger partial charge in [0.05, 0.1) is 17.9 Å². The Morgan fingerprint density at radius 1 is 1.10 bits per heavy atom. The minimum Gasteiger partial charge on any atom is -0.264 e. The highest BCUT2D eigenvalue weighted by Gasteiger charge is 2.22. The molecule has 0 saturated heterocycles. The Bertz CT molecular complexity index is 784. The monoisotopic (exact) mass is 326 g/mol. The first-order valence-corrected chi connectivity index (χ1v) is 8.97. The highest BCUT2D eigenvalue weighted by atomic mass is 35.7. The number of halogens is 1. The second-order valence-electron chi connectivity index (χ2n) is 5.47. The average molecular weight is 327 g/mol. The normalized spacial score (nSPS) is 11.9. The summed E-state index contributed by atoms with van der Waals surface area (Å²) >= 11 is 0. The molecule has 0 unspecified atom stereocenters. The van der Waals surface area contributed by atoms with E-state index in [0.717, 1.165) is 5.56 Å². The van der Waals surface area contributed by atoms with E-state index in [-0.39, 0.29) is 4.90 Å². The van der Waals surface area contributed by atoms with E-state index in [1.54, 1.807) is 18.5 Å². The fourth-order valence-corrected chi connectivity index (χ4v) is 4.32. The summed E-state index contributed by atoms with van der Waals surface area (Å²) in [6.45, 7) is 10.1. The van der Waals surface area contributed by atoms with E-state index in [2.05, 4.69) is 38.0 Å². The molecule has 0 N–H and O–H groups in total. The molecular weight excluding hydrogens is 308 g/mol. The summed E-state index contributed by atoms with van der Waals surface area (Å²) in [6, 6.07) is 4.24. The lowest BCUT2D eigenvalue weighted by atomic mass is 10.00. The zero-order valence-corrected chi connectivity index (χ0v) is 14.4. The van der Waals surface area contributed by atoms with Crippen LogP contribution in [0, 0.1) is 34.6 Å². The van der Waals surface area contributed by atoms with E-state index in [1.165, 1.54) is 16.7 Å². The second-order valence-corrected chi connectivity index (χ2v) is 7.98. The molecule has 0 atom stereocenters. The smallest absolute Gasteiger partial charge is 0.264 e. The molecule has 2 rings (SSSR count). The van der Waals surface area contributed by atoms with Gasteiger partial charge in [-0.3, -0.25) is 4.68 Å². The van der Waals surface area contributed by atoms with Crippen LogP contribution >= 0.6 is 10.7 Å². The van der Waals surface area contributed by atoms with Gasteiger partial charge in [0.15, 0.2) is 0 Å². The summed E-state index contributed by atoms with van der Waals surface area (Å²) in [5.41, 5.74) is 5.73. The number of rotatable bonds is 3. The Balaban J connectivity index is 2.52. The predicted octanol–water partition coefficient (Wildman–Crippen LogP) is 3.40. The van der Waals surface area contributed by atoms with E-state index >= 15 is 0 Å². The van der Waals surface area contributed by atoms with Crippen LogP contribution in [0.2, 0.25) is 0 Å². The lowest BCUT2D eigenvalue weighted by Gasteiger charge is -2.12. The van der Waals surface area contributed by atoms with Gasteiger partial charge in [-0.2, -0.15) is 5.10 Å². The second kappa shape index (κ2) is 5.46. The molecular formula is C15H19ClN2O2S. The first-order chi connectivity index (χ1) is 9.61. The number of nitrogens with zero attached hydrogens (tertiary/aromatic N) is 2. The summed E-state index contributed by atoms with van der Waals surface area (Å²) in [5, 5.41) is 4.33. The SMILES string of the molecule is Cc1cc(C)c(Cn2nc(C)c(S(=O)(=O)Cl)c2C)c(C)c1. The fourth-order valence-electron chi connectivity index (χ4n) is 2.80. The third-order valence-corrected chi connectivity index (χ3v) is 5.25. The van der Waals surface area contributed by atoms with Gasteiger partial charge in [-0.25, -0.2) is 8.42 Å². The summed E-state index contributed by atoms with van der Waals surface area (Å²) in [5.74, 6) is 0. The first-order valence-electron chi connectivity index (χ1n) is 6.66. The van der Waals surface area contributed by atoms with Crippen molar-refractivity contribution in [1.29, 1.82) is 0 Å². The maximum absolute atomic E-state index is 11.6. The molecule has 0 fully saturated rings. The van der Waals surface area contributed by atoms with Crippen LogP contribution in [0.15, 0.2) is 17.0 Å². The van der Waals surface area contributed by atoms with Gasteiger partial charge >= 0.3 is 0 Å². The van der Waals surface area contributed by atoms with Gasteiger partial charge in [-0.05, 0) is 51.3 Å². The zero-order chi connectivity index (χ0) is 15.9. The topological polar surface area (TPSA) is 52.0 Å². The number of hydrogen-bond donors (Lipinski definition) is 0. The van der Waals surface area contributed by atoms with Crippen LogP contribution in [0.4, 0.5) is 0 Å². The van der Waals surface area contributed by atoms with E-state index in [1.807, 2.05) is 0 Å². The van der Waals surface area contributed by atoms with Gasteiger partial charge in [0, 0.05) is 10.7 Å². The van der Waals surface area contributed by atoms with Crippen LogP contribution in [-0.2, 0) is 15.6 Å². The molecule has 0 aliphatic rings. The molecule has 4 nitrogen and oxygen atoms in total. The number of benzene rings is 1. The quantitative estimate of drug-likeness (QED) is 0.812. The van der Waals surface area contributed by atoms with Crippen LogP contribution in [0.5, 0.6) is 0 Å². The Labute approximate surface area is 130 Å². The van der Waals surface area contributed by atoms with E-state index in [9.17, 15) is 8.42 Å². The van der Waals surface area contributed by atoms with Crippen molar-refractivity contribution in [3.05, 3.63) is 45.8 Å². The zero-order valence-electron chi connectivity index (χ0n) is 12.9. The summed E-state index contributed by atoms with van der Waals surface area (Å²) < 4.78 is 25.0. The van der Waals surface area contributed by atoms with Gasteiger partial charge in [-0.15, -0.1) is 0 Å². The minimum absolute atomic E-state index is 0.117. The molecule has 114 valence electrons. The lowest BCUT2D eigenvalue weighted by Crippen LogP contribution is -2.08.